The largest absolute Gasteiger partial charge is 0.350 e. The zero-order valence-corrected chi connectivity index (χ0v) is 16.3. The quantitative estimate of drug-likeness (QED) is 0.735. The second-order valence-electron chi connectivity index (χ2n) is 6.45. The number of nitrogens with one attached hydrogen (secondary N) is 2. The number of carbonyl (C=O) groups is 2. The van der Waals surface area contributed by atoms with E-state index in [0.29, 0.717) is 36.3 Å². The van der Waals surface area contributed by atoms with E-state index < -0.39 is 0 Å². The summed E-state index contributed by atoms with van der Waals surface area (Å²) in [5, 5.41) is 14.5. The zero-order chi connectivity index (χ0) is 19.3. The van der Waals surface area contributed by atoms with Gasteiger partial charge in [0.1, 0.15) is 0 Å². The van der Waals surface area contributed by atoms with Crippen LogP contribution in [0.2, 0.25) is 5.02 Å². The SMILES string of the molecule is CCn1cc(NC(=O)CCn2ncc(Cl)c2C)c(C(=O)NCC(C)C)n1. The molecule has 2 aromatic rings. The van der Waals surface area contributed by atoms with Crippen molar-refractivity contribution in [1.82, 2.24) is 24.9 Å². The van der Waals surface area contributed by atoms with Crippen molar-refractivity contribution >= 4 is 29.1 Å². The van der Waals surface area contributed by atoms with Crippen LogP contribution in [0.15, 0.2) is 12.4 Å². The molecular formula is C17H25ClN6O2. The molecule has 0 aliphatic carbocycles. The molecule has 0 unspecified atom stereocenters. The van der Waals surface area contributed by atoms with E-state index in [4.69, 9.17) is 11.6 Å². The summed E-state index contributed by atoms with van der Waals surface area (Å²) >= 11 is 5.96. The predicted molar refractivity (Wildman–Crippen MR) is 100 cm³/mol. The second-order valence-corrected chi connectivity index (χ2v) is 6.86. The zero-order valence-electron chi connectivity index (χ0n) is 15.5. The molecule has 2 N–H and O–H groups in total. The number of aryl methyl sites for hydroxylation is 2. The number of hydrogen-bond donors (Lipinski definition) is 2. The van der Waals surface area contributed by atoms with Crippen molar-refractivity contribution in [3.8, 4) is 0 Å². The standard InChI is InChI=1S/C17H25ClN6O2/c1-5-23-10-14(16(22-23)17(26)19-8-11(2)3)21-15(25)6-7-24-12(4)13(18)9-20-24/h9-11H,5-8H2,1-4H3,(H,19,26)(H,21,25). The van der Waals surface area contributed by atoms with Gasteiger partial charge < -0.3 is 10.6 Å². The molecule has 0 aliphatic rings. The maximum absolute atomic E-state index is 12.3. The third-order valence-electron chi connectivity index (χ3n) is 3.84. The van der Waals surface area contributed by atoms with E-state index in [1.54, 1.807) is 21.8 Å². The first kappa shape index (κ1) is 20.0. The van der Waals surface area contributed by atoms with Gasteiger partial charge in [-0.3, -0.25) is 19.0 Å². The van der Waals surface area contributed by atoms with Crippen LogP contribution in [0.25, 0.3) is 0 Å². The van der Waals surface area contributed by atoms with Gasteiger partial charge in [0.05, 0.1) is 29.1 Å². The molecule has 0 saturated carbocycles. The van der Waals surface area contributed by atoms with E-state index in [1.807, 2.05) is 27.7 Å². The smallest absolute Gasteiger partial charge is 0.273 e. The van der Waals surface area contributed by atoms with E-state index >= 15 is 0 Å². The molecule has 0 saturated heterocycles. The number of anilines is 1. The van der Waals surface area contributed by atoms with Crippen molar-refractivity contribution < 1.29 is 9.59 Å². The molecule has 0 aliphatic heterocycles. The van der Waals surface area contributed by atoms with Crippen molar-refractivity contribution in [2.45, 2.75) is 47.2 Å². The minimum Gasteiger partial charge on any atom is -0.350 e. The first-order valence-corrected chi connectivity index (χ1v) is 9.03. The number of amides is 2. The summed E-state index contributed by atoms with van der Waals surface area (Å²) in [6, 6.07) is 0. The van der Waals surface area contributed by atoms with Crippen molar-refractivity contribution in [1.29, 1.82) is 0 Å². The number of nitrogens with zero attached hydrogens (tertiary/aromatic N) is 4. The summed E-state index contributed by atoms with van der Waals surface area (Å²) < 4.78 is 3.30. The third-order valence-corrected chi connectivity index (χ3v) is 4.21. The summed E-state index contributed by atoms with van der Waals surface area (Å²) in [6.45, 7) is 9.33. The molecule has 0 fully saturated rings. The lowest BCUT2D eigenvalue weighted by Gasteiger charge is -2.08. The molecule has 2 heterocycles. The van der Waals surface area contributed by atoms with Crippen molar-refractivity contribution in [3.05, 3.63) is 28.8 Å². The van der Waals surface area contributed by atoms with Gasteiger partial charge in [-0.15, -0.1) is 0 Å². The van der Waals surface area contributed by atoms with E-state index in [1.165, 1.54) is 0 Å². The number of halogens is 1. The average Bonchev–Trinajstić information content (AvgIpc) is 3.15. The Balaban J connectivity index is 2.02. The summed E-state index contributed by atoms with van der Waals surface area (Å²) in [4.78, 5) is 24.6. The topological polar surface area (TPSA) is 93.8 Å². The fourth-order valence-corrected chi connectivity index (χ4v) is 2.43. The molecule has 2 amide bonds. The van der Waals surface area contributed by atoms with E-state index in [-0.39, 0.29) is 23.9 Å². The monoisotopic (exact) mass is 380 g/mol. The lowest BCUT2D eigenvalue weighted by Crippen LogP contribution is -2.29. The lowest BCUT2D eigenvalue weighted by atomic mass is 10.2. The third kappa shape index (κ3) is 5.08. The molecule has 2 rings (SSSR count). The van der Waals surface area contributed by atoms with Gasteiger partial charge in [-0.1, -0.05) is 25.4 Å². The van der Waals surface area contributed by atoms with Crippen molar-refractivity contribution in [3.63, 3.8) is 0 Å². The van der Waals surface area contributed by atoms with Crippen LogP contribution in [0.4, 0.5) is 5.69 Å². The van der Waals surface area contributed by atoms with E-state index in [0.717, 1.165) is 5.69 Å². The Morgan fingerprint density at radius 3 is 2.65 bits per heavy atom. The minimum absolute atomic E-state index is 0.212. The van der Waals surface area contributed by atoms with Crippen molar-refractivity contribution in [2.24, 2.45) is 5.92 Å². The van der Waals surface area contributed by atoms with Gasteiger partial charge in [-0.05, 0) is 19.8 Å². The van der Waals surface area contributed by atoms with Gasteiger partial charge in [0, 0.05) is 25.7 Å². The molecule has 26 heavy (non-hydrogen) atoms. The highest BCUT2D eigenvalue weighted by molar-refractivity contribution is 6.31. The molecule has 8 nitrogen and oxygen atoms in total. The van der Waals surface area contributed by atoms with Crippen molar-refractivity contribution in [2.75, 3.05) is 11.9 Å². The van der Waals surface area contributed by atoms with E-state index in [2.05, 4.69) is 20.8 Å². The van der Waals surface area contributed by atoms with Crippen LogP contribution >= 0.6 is 11.6 Å². The van der Waals surface area contributed by atoms with Crippen LogP contribution < -0.4 is 10.6 Å². The fourth-order valence-electron chi connectivity index (χ4n) is 2.29. The second kappa shape index (κ2) is 8.84. The van der Waals surface area contributed by atoms with Crippen LogP contribution in [0.1, 0.15) is 43.4 Å². The van der Waals surface area contributed by atoms with Crippen LogP contribution in [-0.2, 0) is 17.9 Å². The van der Waals surface area contributed by atoms with Gasteiger partial charge in [0.2, 0.25) is 5.91 Å². The Kier molecular flexibility index (Phi) is 6.79. The highest BCUT2D eigenvalue weighted by Crippen LogP contribution is 2.16. The number of carbonyl (C=O) groups excluding carboxylic acids is 2. The molecule has 142 valence electrons. The number of hydrogen-bond acceptors (Lipinski definition) is 4. The number of aromatic nitrogens is 4. The fraction of sp³-hybridized carbons (Fsp3) is 0.529. The lowest BCUT2D eigenvalue weighted by molar-refractivity contribution is -0.116. The number of rotatable bonds is 8. The highest BCUT2D eigenvalue weighted by Gasteiger charge is 2.18. The minimum atomic E-state index is -0.295. The van der Waals surface area contributed by atoms with Crippen LogP contribution in [0.5, 0.6) is 0 Å². The molecular weight excluding hydrogens is 356 g/mol. The Morgan fingerprint density at radius 1 is 1.35 bits per heavy atom. The Hall–Kier alpha value is -2.35. The van der Waals surface area contributed by atoms with Gasteiger partial charge in [0.25, 0.3) is 5.91 Å². The van der Waals surface area contributed by atoms with Crippen LogP contribution in [-0.4, -0.2) is 37.9 Å². The van der Waals surface area contributed by atoms with Gasteiger partial charge in [-0.25, -0.2) is 0 Å². The molecule has 0 bridgehead atoms. The van der Waals surface area contributed by atoms with Gasteiger partial charge >= 0.3 is 0 Å². The molecule has 9 heteroatoms. The molecule has 0 spiro atoms. The molecule has 0 aromatic carbocycles. The Labute approximate surface area is 157 Å². The first-order valence-electron chi connectivity index (χ1n) is 8.65. The van der Waals surface area contributed by atoms with Crippen LogP contribution in [0.3, 0.4) is 0 Å². The molecule has 2 aromatic heterocycles. The highest BCUT2D eigenvalue weighted by atomic mass is 35.5. The Morgan fingerprint density at radius 2 is 2.08 bits per heavy atom. The average molecular weight is 381 g/mol. The van der Waals surface area contributed by atoms with Crippen LogP contribution in [0, 0.1) is 12.8 Å². The van der Waals surface area contributed by atoms with E-state index in [9.17, 15) is 9.59 Å². The maximum Gasteiger partial charge on any atom is 0.273 e. The summed E-state index contributed by atoms with van der Waals surface area (Å²) in [7, 11) is 0. The first-order chi connectivity index (χ1) is 12.3. The van der Waals surface area contributed by atoms with Gasteiger partial charge in [0.15, 0.2) is 5.69 Å². The molecule has 0 radical (unpaired) electrons. The van der Waals surface area contributed by atoms with Gasteiger partial charge in [-0.2, -0.15) is 10.2 Å². The summed E-state index contributed by atoms with van der Waals surface area (Å²) in [6.07, 6.45) is 3.43. The normalized spacial score (nSPS) is 11.0. The molecule has 0 atom stereocenters. The summed E-state index contributed by atoms with van der Waals surface area (Å²) in [5.74, 6) is -0.185. The maximum atomic E-state index is 12.3. The predicted octanol–water partition coefficient (Wildman–Crippen LogP) is 2.48. The Bertz CT molecular complexity index is 780. The summed E-state index contributed by atoms with van der Waals surface area (Å²) in [5.41, 5.74) is 1.44.